The topological polar surface area (TPSA) is 84.7 Å². The number of urea groups is 1. The standard InChI is InChI=1S/C14H14N6O/c1-2-15-14(21)19-13-16-8-7-12(18-13)20-9-17-10-5-3-4-6-11(10)20/h3-9H,2H2,1H3,(H2,15,16,18,19,21). The van der Waals surface area contributed by atoms with Crippen molar-refractivity contribution in [2.75, 3.05) is 11.9 Å². The molecule has 0 unspecified atom stereocenters. The highest BCUT2D eigenvalue weighted by molar-refractivity contribution is 5.87. The minimum atomic E-state index is -0.329. The zero-order valence-corrected chi connectivity index (χ0v) is 11.4. The van der Waals surface area contributed by atoms with E-state index in [1.165, 1.54) is 0 Å². The Bertz CT molecular complexity index is 782. The molecule has 0 bridgehead atoms. The Morgan fingerprint density at radius 3 is 2.95 bits per heavy atom. The zero-order chi connectivity index (χ0) is 14.7. The van der Waals surface area contributed by atoms with Crippen LogP contribution in [0.1, 0.15) is 6.92 Å². The second kappa shape index (κ2) is 5.58. The number of hydrogen-bond donors (Lipinski definition) is 2. The van der Waals surface area contributed by atoms with Crippen LogP contribution in [0.25, 0.3) is 16.9 Å². The highest BCUT2D eigenvalue weighted by atomic mass is 16.2. The maximum Gasteiger partial charge on any atom is 0.321 e. The summed E-state index contributed by atoms with van der Waals surface area (Å²) in [4.78, 5) is 24.2. The molecule has 0 spiro atoms. The summed E-state index contributed by atoms with van der Waals surface area (Å²) in [7, 11) is 0. The molecule has 106 valence electrons. The van der Waals surface area contributed by atoms with E-state index in [4.69, 9.17) is 0 Å². The summed E-state index contributed by atoms with van der Waals surface area (Å²) < 4.78 is 1.85. The van der Waals surface area contributed by atoms with Gasteiger partial charge in [0.2, 0.25) is 5.95 Å². The van der Waals surface area contributed by atoms with E-state index in [1.807, 2.05) is 35.8 Å². The maximum absolute atomic E-state index is 11.5. The third-order valence-corrected chi connectivity index (χ3v) is 2.90. The molecule has 0 saturated heterocycles. The summed E-state index contributed by atoms with van der Waals surface area (Å²) >= 11 is 0. The molecule has 0 aliphatic rings. The van der Waals surface area contributed by atoms with E-state index < -0.39 is 0 Å². The van der Waals surface area contributed by atoms with E-state index in [1.54, 1.807) is 18.6 Å². The van der Waals surface area contributed by atoms with E-state index >= 15 is 0 Å². The van der Waals surface area contributed by atoms with Gasteiger partial charge in [0.25, 0.3) is 0 Å². The molecule has 0 aliphatic carbocycles. The van der Waals surface area contributed by atoms with Crippen molar-refractivity contribution in [2.45, 2.75) is 6.92 Å². The fourth-order valence-electron chi connectivity index (χ4n) is 1.99. The number of imidazole rings is 1. The van der Waals surface area contributed by atoms with Gasteiger partial charge in [0.15, 0.2) is 0 Å². The van der Waals surface area contributed by atoms with E-state index in [9.17, 15) is 4.79 Å². The lowest BCUT2D eigenvalue weighted by atomic mass is 10.3. The van der Waals surface area contributed by atoms with Crippen LogP contribution in [0.4, 0.5) is 10.7 Å². The van der Waals surface area contributed by atoms with Gasteiger partial charge in [-0.1, -0.05) is 12.1 Å². The molecule has 7 nitrogen and oxygen atoms in total. The molecule has 21 heavy (non-hydrogen) atoms. The summed E-state index contributed by atoms with van der Waals surface area (Å²) in [5, 5.41) is 5.22. The molecule has 3 rings (SSSR count). The number of nitrogens with zero attached hydrogens (tertiary/aromatic N) is 4. The molecule has 0 saturated carbocycles. The van der Waals surface area contributed by atoms with Crippen LogP contribution in [0, 0.1) is 0 Å². The minimum Gasteiger partial charge on any atom is -0.338 e. The van der Waals surface area contributed by atoms with Gasteiger partial charge in [-0.25, -0.2) is 14.8 Å². The Morgan fingerprint density at radius 2 is 2.10 bits per heavy atom. The Hall–Kier alpha value is -2.96. The number of anilines is 1. The highest BCUT2D eigenvalue weighted by Gasteiger charge is 2.08. The number of carbonyl (C=O) groups excluding carboxylic acids is 1. The first-order valence-electron chi connectivity index (χ1n) is 6.58. The summed E-state index contributed by atoms with van der Waals surface area (Å²) in [6.07, 6.45) is 3.29. The fourth-order valence-corrected chi connectivity index (χ4v) is 1.99. The summed E-state index contributed by atoms with van der Waals surface area (Å²) in [5.74, 6) is 0.890. The lowest BCUT2D eigenvalue weighted by molar-refractivity contribution is 0.252. The maximum atomic E-state index is 11.5. The molecule has 7 heteroatoms. The van der Waals surface area contributed by atoms with Gasteiger partial charge < -0.3 is 5.32 Å². The average molecular weight is 282 g/mol. The van der Waals surface area contributed by atoms with Gasteiger partial charge in [0.05, 0.1) is 11.0 Å². The Morgan fingerprint density at radius 1 is 1.24 bits per heavy atom. The van der Waals surface area contributed by atoms with Crippen molar-refractivity contribution in [2.24, 2.45) is 0 Å². The largest absolute Gasteiger partial charge is 0.338 e. The second-order valence-corrected chi connectivity index (χ2v) is 4.33. The third kappa shape index (κ3) is 2.66. The quantitative estimate of drug-likeness (QED) is 0.769. The normalized spacial score (nSPS) is 10.5. The fraction of sp³-hybridized carbons (Fsp3) is 0.143. The van der Waals surface area contributed by atoms with Crippen LogP contribution in [0.2, 0.25) is 0 Å². The molecule has 2 heterocycles. The van der Waals surface area contributed by atoms with Gasteiger partial charge in [-0.2, -0.15) is 4.98 Å². The monoisotopic (exact) mass is 282 g/mol. The molecule has 0 atom stereocenters. The van der Waals surface area contributed by atoms with Crippen molar-refractivity contribution in [3.8, 4) is 5.82 Å². The van der Waals surface area contributed by atoms with Crippen molar-refractivity contribution in [3.05, 3.63) is 42.9 Å². The summed E-state index contributed by atoms with van der Waals surface area (Å²) in [5.41, 5.74) is 1.83. The predicted octanol–water partition coefficient (Wildman–Crippen LogP) is 1.96. The summed E-state index contributed by atoms with van der Waals surface area (Å²) in [6, 6.07) is 9.20. The number of nitrogens with one attached hydrogen (secondary N) is 2. The Kier molecular flexibility index (Phi) is 3.46. The molecular formula is C14H14N6O. The van der Waals surface area contributed by atoms with Crippen LogP contribution < -0.4 is 10.6 Å². The smallest absolute Gasteiger partial charge is 0.321 e. The van der Waals surface area contributed by atoms with Crippen molar-refractivity contribution < 1.29 is 4.79 Å². The van der Waals surface area contributed by atoms with E-state index in [2.05, 4.69) is 25.6 Å². The SMILES string of the molecule is CCNC(=O)Nc1nccc(-n2cnc3ccccc32)n1. The van der Waals surface area contributed by atoms with Gasteiger partial charge in [0, 0.05) is 12.7 Å². The first kappa shape index (κ1) is 13.0. The van der Waals surface area contributed by atoms with Crippen LogP contribution >= 0.6 is 0 Å². The number of amides is 2. The van der Waals surface area contributed by atoms with Crippen molar-refractivity contribution >= 4 is 23.0 Å². The van der Waals surface area contributed by atoms with Crippen LogP contribution in [-0.4, -0.2) is 32.1 Å². The molecular weight excluding hydrogens is 268 g/mol. The van der Waals surface area contributed by atoms with E-state index in [-0.39, 0.29) is 12.0 Å². The van der Waals surface area contributed by atoms with Gasteiger partial charge in [0.1, 0.15) is 12.1 Å². The summed E-state index contributed by atoms with van der Waals surface area (Å²) in [6.45, 7) is 2.38. The van der Waals surface area contributed by atoms with Gasteiger partial charge in [-0.3, -0.25) is 9.88 Å². The lowest BCUT2D eigenvalue weighted by Gasteiger charge is -2.07. The molecule has 0 fully saturated rings. The number of benzene rings is 1. The predicted molar refractivity (Wildman–Crippen MR) is 79.4 cm³/mol. The molecule has 2 N–H and O–H groups in total. The average Bonchev–Trinajstić information content (AvgIpc) is 2.91. The molecule has 1 aromatic carbocycles. The minimum absolute atomic E-state index is 0.247. The molecule has 2 aromatic heterocycles. The van der Waals surface area contributed by atoms with Crippen LogP contribution in [0.3, 0.4) is 0 Å². The van der Waals surface area contributed by atoms with Crippen molar-refractivity contribution in [1.82, 2.24) is 24.8 Å². The van der Waals surface area contributed by atoms with Crippen molar-refractivity contribution in [3.63, 3.8) is 0 Å². The first-order chi connectivity index (χ1) is 10.3. The Labute approximate surface area is 121 Å². The number of aromatic nitrogens is 4. The van der Waals surface area contributed by atoms with Gasteiger partial charge >= 0.3 is 6.03 Å². The number of carbonyl (C=O) groups is 1. The van der Waals surface area contributed by atoms with E-state index in [0.29, 0.717) is 12.4 Å². The van der Waals surface area contributed by atoms with Gasteiger partial charge in [-0.05, 0) is 25.1 Å². The molecule has 2 amide bonds. The number of fused-ring (bicyclic) bond motifs is 1. The lowest BCUT2D eigenvalue weighted by Crippen LogP contribution is -2.29. The van der Waals surface area contributed by atoms with Crippen LogP contribution in [0.5, 0.6) is 0 Å². The first-order valence-corrected chi connectivity index (χ1v) is 6.58. The highest BCUT2D eigenvalue weighted by Crippen LogP contribution is 2.16. The van der Waals surface area contributed by atoms with Crippen LogP contribution in [0.15, 0.2) is 42.9 Å². The molecule has 3 aromatic rings. The van der Waals surface area contributed by atoms with Crippen molar-refractivity contribution in [1.29, 1.82) is 0 Å². The Balaban J connectivity index is 1.94. The number of para-hydroxylation sites is 2. The number of rotatable bonds is 3. The molecule has 0 radical (unpaired) electrons. The second-order valence-electron chi connectivity index (χ2n) is 4.33. The zero-order valence-electron chi connectivity index (χ0n) is 11.4. The van der Waals surface area contributed by atoms with Crippen LogP contribution in [-0.2, 0) is 0 Å². The number of hydrogen-bond acceptors (Lipinski definition) is 4. The molecule has 0 aliphatic heterocycles. The van der Waals surface area contributed by atoms with Gasteiger partial charge in [-0.15, -0.1) is 0 Å². The van der Waals surface area contributed by atoms with E-state index in [0.717, 1.165) is 11.0 Å². The third-order valence-electron chi connectivity index (χ3n) is 2.90.